The van der Waals surface area contributed by atoms with Gasteiger partial charge < -0.3 is 11.1 Å². The van der Waals surface area contributed by atoms with Gasteiger partial charge >= 0.3 is 6.18 Å². The van der Waals surface area contributed by atoms with Crippen molar-refractivity contribution in [3.8, 4) is 0 Å². The number of nitrogens with zero attached hydrogens (tertiary/aromatic N) is 1. The molecule has 5 nitrogen and oxygen atoms in total. The number of nitrogens with two attached hydrogens (primary N) is 1. The van der Waals surface area contributed by atoms with Crippen LogP contribution in [0.3, 0.4) is 0 Å². The Hall–Kier alpha value is -2.09. The van der Waals surface area contributed by atoms with Crippen LogP contribution in [0.25, 0.3) is 0 Å². The van der Waals surface area contributed by atoms with Gasteiger partial charge in [0.05, 0.1) is 17.3 Å². The standard InChI is InChI=1S/C16H20F3N3O2/c1-10(22-8-6-11(7-9-22)14(20)23)15(24)21-13-5-3-2-4-12(13)16(17,18)19/h2-5,10-11H,6-9H2,1H3,(H2,20,23)(H,21,24)/t10-/m1/s1. The lowest BCUT2D eigenvalue weighted by Crippen LogP contribution is -2.47. The van der Waals surface area contributed by atoms with Crippen LogP contribution < -0.4 is 11.1 Å². The molecule has 1 saturated heterocycles. The summed E-state index contributed by atoms with van der Waals surface area (Å²) in [5, 5.41) is 2.36. The van der Waals surface area contributed by atoms with Crippen LogP contribution in [0, 0.1) is 5.92 Å². The SMILES string of the molecule is C[C@H](C(=O)Nc1ccccc1C(F)(F)F)N1CCC(C(N)=O)CC1. The van der Waals surface area contributed by atoms with Crippen LogP contribution in [0.5, 0.6) is 0 Å². The highest BCUT2D eigenvalue weighted by atomic mass is 19.4. The molecule has 1 aliphatic heterocycles. The van der Waals surface area contributed by atoms with E-state index < -0.39 is 23.7 Å². The predicted octanol–water partition coefficient (Wildman–Crippen LogP) is 2.23. The average Bonchev–Trinajstić information content (AvgIpc) is 2.53. The second-order valence-corrected chi connectivity index (χ2v) is 5.92. The summed E-state index contributed by atoms with van der Waals surface area (Å²) in [5.74, 6) is -1.07. The van der Waals surface area contributed by atoms with Crippen LogP contribution >= 0.6 is 0 Å². The van der Waals surface area contributed by atoms with Crippen molar-refractivity contribution in [2.75, 3.05) is 18.4 Å². The predicted molar refractivity (Wildman–Crippen MR) is 83.0 cm³/mol. The molecule has 0 bridgehead atoms. The van der Waals surface area contributed by atoms with E-state index in [0.717, 1.165) is 6.07 Å². The number of likely N-dealkylation sites (tertiary alicyclic amines) is 1. The van der Waals surface area contributed by atoms with Crippen LogP contribution in [0.4, 0.5) is 18.9 Å². The zero-order valence-corrected chi connectivity index (χ0v) is 13.3. The van der Waals surface area contributed by atoms with Gasteiger partial charge in [0, 0.05) is 5.92 Å². The molecule has 1 aromatic carbocycles. The first kappa shape index (κ1) is 18.3. The van der Waals surface area contributed by atoms with Gasteiger partial charge in [-0.25, -0.2) is 0 Å². The number of nitrogens with one attached hydrogen (secondary N) is 1. The zero-order valence-electron chi connectivity index (χ0n) is 13.3. The number of halogens is 3. The number of alkyl halides is 3. The monoisotopic (exact) mass is 343 g/mol. The van der Waals surface area contributed by atoms with E-state index in [-0.39, 0.29) is 17.5 Å². The fraction of sp³-hybridized carbons (Fsp3) is 0.500. The Bertz CT molecular complexity index is 611. The maximum Gasteiger partial charge on any atom is 0.418 e. The summed E-state index contributed by atoms with van der Waals surface area (Å²) < 4.78 is 38.9. The van der Waals surface area contributed by atoms with Crippen LogP contribution in [-0.2, 0) is 15.8 Å². The number of carbonyl (C=O) groups excluding carboxylic acids is 2. The highest BCUT2D eigenvalue weighted by Crippen LogP contribution is 2.34. The molecular formula is C16H20F3N3O2. The van der Waals surface area contributed by atoms with E-state index in [1.807, 2.05) is 4.90 Å². The fourth-order valence-electron chi connectivity index (χ4n) is 2.81. The Labute approximate surface area is 138 Å². The van der Waals surface area contributed by atoms with Gasteiger partial charge in [0.25, 0.3) is 0 Å². The Kier molecular flexibility index (Phi) is 5.48. The van der Waals surface area contributed by atoms with E-state index in [1.54, 1.807) is 6.92 Å². The average molecular weight is 343 g/mol. The van der Waals surface area contributed by atoms with E-state index in [1.165, 1.54) is 18.2 Å². The number of benzene rings is 1. The molecule has 3 N–H and O–H groups in total. The minimum atomic E-state index is -4.53. The third kappa shape index (κ3) is 4.25. The van der Waals surface area contributed by atoms with E-state index in [4.69, 9.17) is 5.73 Å². The van der Waals surface area contributed by atoms with Crippen molar-refractivity contribution in [2.24, 2.45) is 11.7 Å². The maximum atomic E-state index is 13.0. The highest BCUT2D eigenvalue weighted by Gasteiger charge is 2.34. The number of amides is 2. The van der Waals surface area contributed by atoms with Gasteiger partial charge in [-0.15, -0.1) is 0 Å². The van der Waals surface area contributed by atoms with Crippen LogP contribution in [0.2, 0.25) is 0 Å². The van der Waals surface area contributed by atoms with Crippen molar-refractivity contribution in [1.82, 2.24) is 4.90 Å². The minimum Gasteiger partial charge on any atom is -0.369 e. The molecule has 0 aromatic heterocycles. The van der Waals surface area contributed by atoms with Gasteiger partial charge in [-0.2, -0.15) is 13.2 Å². The van der Waals surface area contributed by atoms with Crippen molar-refractivity contribution in [2.45, 2.75) is 32.0 Å². The van der Waals surface area contributed by atoms with Crippen molar-refractivity contribution in [3.63, 3.8) is 0 Å². The number of anilines is 1. The summed E-state index contributed by atoms with van der Waals surface area (Å²) in [6.07, 6.45) is -3.44. The number of carbonyl (C=O) groups is 2. The number of piperidine rings is 1. The van der Waals surface area contributed by atoms with E-state index in [0.29, 0.717) is 25.9 Å². The molecule has 0 aliphatic carbocycles. The van der Waals surface area contributed by atoms with Gasteiger partial charge in [0.1, 0.15) is 0 Å². The van der Waals surface area contributed by atoms with Gasteiger partial charge in [-0.1, -0.05) is 12.1 Å². The van der Waals surface area contributed by atoms with Gasteiger partial charge in [-0.3, -0.25) is 14.5 Å². The van der Waals surface area contributed by atoms with Crippen molar-refractivity contribution in [1.29, 1.82) is 0 Å². The normalized spacial score (nSPS) is 18.2. The van der Waals surface area contributed by atoms with Crippen molar-refractivity contribution < 1.29 is 22.8 Å². The number of rotatable bonds is 4. The topological polar surface area (TPSA) is 75.4 Å². The molecule has 0 radical (unpaired) electrons. The van der Waals surface area contributed by atoms with Crippen LogP contribution in [-0.4, -0.2) is 35.8 Å². The van der Waals surface area contributed by atoms with E-state index in [9.17, 15) is 22.8 Å². The summed E-state index contributed by atoms with van der Waals surface area (Å²) in [7, 11) is 0. The van der Waals surface area contributed by atoms with Crippen LogP contribution in [0.15, 0.2) is 24.3 Å². The molecule has 1 aromatic rings. The summed E-state index contributed by atoms with van der Waals surface area (Å²) in [6, 6.07) is 4.27. The molecular weight excluding hydrogens is 323 g/mol. The first-order valence-electron chi connectivity index (χ1n) is 7.70. The van der Waals surface area contributed by atoms with Crippen molar-refractivity contribution in [3.05, 3.63) is 29.8 Å². The van der Waals surface area contributed by atoms with E-state index in [2.05, 4.69) is 5.32 Å². The minimum absolute atomic E-state index is 0.206. The molecule has 2 rings (SSSR count). The lowest BCUT2D eigenvalue weighted by molar-refractivity contribution is -0.137. The second kappa shape index (κ2) is 7.21. The quantitative estimate of drug-likeness (QED) is 0.880. The Morgan fingerprint density at radius 2 is 1.83 bits per heavy atom. The zero-order chi connectivity index (χ0) is 17.9. The lowest BCUT2D eigenvalue weighted by Gasteiger charge is -2.34. The number of hydrogen-bond acceptors (Lipinski definition) is 3. The first-order chi connectivity index (χ1) is 11.2. The molecule has 1 aliphatic rings. The fourth-order valence-corrected chi connectivity index (χ4v) is 2.81. The number of para-hydroxylation sites is 1. The molecule has 132 valence electrons. The van der Waals surface area contributed by atoms with Crippen LogP contribution in [0.1, 0.15) is 25.3 Å². The molecule has 0 unspecified atom stereocenters. The molecule has 1 heterocycles. The Balaban J connectivity index is 2.02. The molecule has 1 atom stereocenters. The van der Waals surface area contributed by atoms with Gasteiger partial charge in [0.2, 0.25) is 11.8 Å². The molecule has 8 heteroatoms. The maximum absolute atomic E-state index is 13.0. The third-order valence-corrected chi connectivity index (χ3v) is 4.35. The number of hydrogen-bond donors (Lipinski definition) is 2. The summed E-state index contributed by atoms with van der Waals surface area (Å²) >= 11 is 0. The third-order valence-electron chi connectivity index (χ3n) is 4.35. The Morgan fingerprint density at radius 3 is 2.38 bits per heavy atom. The first-order valence-corrected chi connectivity index (χ1v) is 7.70. The highest BCUT2D eigenvalue weighted by molar-refractivity contribution is 5.95. The Morgan fingerprint density at radius 1 is 1.25 bits per heavy atom. The molecule has 2 amide bonds. The molecule has 24 heavy (non-hydrogen) atoms. The van der Waals surface area contributed by atoms with Gasteiger partial charge in [-0.05, 0) is 45.0 Å². The largest absolute Gasteiger partial charge is 0.418 e. The lowest BCUT2D eigenvalue weighted by atomic mass is 9.95. The molecule has 0 saturated carbocycles. The smallest absolute Gasteiger partial charge is 0.369 e. The van der Waals surface area contributed by atoms with Gasteiger partial charge in [0.15, 0.2) is 0 Å². The summed E-state index contributed by atoms with van der Waals surface area (Å²) in [4.78, 5) is 25.3. The summed E-state index contributed by atoms with van der Waals surface area (Å²) in [5.41, 5.74) is 4.13. The van der Waals surface area contributed by atoms with Crippen molar-refractivity contribution >= 4 is 17.5 Å². The molecule has 0 spiro atoms. The summed E-state index contributed by atoms with van der Waals surface area (Å²) in [6.45, 7) is 2.64. The molecule has 1 fully saturated rings. The van der Waals surface area contributed by atoms with E-state index >= 15 is 0 Å². The number of primary amides is 1. The second-order valence-electron chi connectivity index (χ2n) is 5.92.